The SMILES string of the molecule is CCC.CCCNC(=O)c1cn(C(C)(C)C)c2cc(O)c(O)c(Cl)c2c1=O. The van der Waals surface area contributed by atoms with Crippen molar-refractivity contribution >= 4 is 28.4 Å². The van der Waals surface area contributed by atoms with Crippen LogP contribution in [0, 0.1) is 0 Å². The van der Waals surface area contributed by atoms with E-state index in [1.54, 1.807) is 4.57 Å². The molecule has 7 heteroatoms. The van der Waals surface area contributed by atoms with Crippen molar-refractivity contribution < 1.29 is 15.0 Å². The lowest BCUT2D eigenvalue weighted by molar-refractivity contribution is 0.0951. The quantitative estimate of drug-likeness (QED) is 0.671. The summed E-state index contributed by atoms with van der Waals surface area (Å²) in [6, 6.07) is 1.27. The Balaban J connectivity index is 0.00000114. The number of phenolic OH excluding ortho intramolecular Hbond substituents is 2. The Morgan fingerprint density at radius 1 is 1.22 bits per heavy atom. The fraction of sp³-hybridized carbons (Fsp3) is 0.500. The second kappa shape index (κ2) is 9.13. The van der Waals surface area contributed by atoms with Crippen molar-refractivity contribution in [2.24, 2.45) is 0 Å². The Morgan fingerprint density at radius 3 is 2.26 bits per heavy atom. The predicted octanol–water partition coefficient (Wildman–Crippen LogP) is 4.38. The van der Waals surface area contributed by atoms with E-state index >= 15 is 0 Å². The fourth-order valence-electron chi connectivity index (χ4n) is 2.46. The highest BCUT2D eigenvalue weighted by Gasteiger charge is 2.24. The number of amides is 1. The first kappa shape index (κ1) is 22.8. The molecule has 0 fully saturated rings. The van der Waals surface area contributed by atoms with E-state index in [0.29, 0.717) is 12.1 Å². The summed E-state index contributed by atoms with van der Waals surface area (Å²) in [6.45, 7) is 12.3. The van der Waals surface area contributed by atoms with Gasteiger partial charge in [0.2, 0.25) is 5.43 Å². The summed E-state index contributed by atoms with van der Waals surface area (Å²) in [5.41, 5.74) is -0.782. The van der Waals surface area contributed by atoms with Crippen LogP contribution in [0.4, 0.5) is 0 Å². The average Bonchev–Trinajstić information content (AvgIpc) is 2.57. The van der Waals surface area contributed by atoms with Crippen molar-refractivity contribution in [3.63, 3.8) is 0 Å². The molecule has 0 aliphatic carbocycles. The number of nitrogens with one attached hydrogen (secondary N) is 1. The summed E-state index contributed by atoms with van der Waals surface area (Å²) in [4.78, 5) is 25.1. The number of rotatable bonds is 3. The molecular weight excluding hydrogens is 368 g/mol. The van der Waals surface area contributed by atoms with E-state index in [0.717, 1.165) is 6.42 Å². The average molecular weight is 397 g/mol. The number of hydrogen-bond donors (Lipinski definition) is 3. The number of hydrogen-bond acceptors (Lipinski definition) is 4. The van der Waals surface area contributed by atoms with Crippen LogP contribution in [0.15, 0.2) is 17.1 Å². The lowest BCUT2D eigenvalue weighted by Crippen LogP contribution is -2.33. The lowest BCUT2D eigenvalue weighted by Gasteiger charge is -2.27. The van der Waals surface area contributed by atoms with Gasteiger partial charge in [-0.1, -0.05) is 38.8 Å². The molecule has 1 heterocycles. The van der Waals surface area contributed by atoms with Crippen LogP contribution >= 0.6 is 11.6 Å². The van der Waals surface area contributed by atoms with E-state index in [1.165, 1.54) is 18.7 Å². The highest BCUT2D eigenvalue weighted by molar-refractivity contribution is 6.37. The number of nitrogens with zero attached hydrogens (tertiary/aromatic N) is 1. The minimum atomic E-state index is -0.584. The third-order valence-corrected chi connectivity index (χ3v) is 4.06. The molecule has 0 unspecified atom stereocenters. The first-order chi connectivity index (χ1) is 12.5. The van der Waals surface area contributed by atoms with Crippen LogP contribution < -0.4 is 10.7 Å². The summed E-state index contributed by atoms with van der Waals surface area (Å²) in [7, 11) is 0. The summed E-state index contributed by atoms with van der Waals surface area (Å²) in [5, 5.41) is 22.1. The minimum Gasteiger partial charge on any atom is -0.504 e. The van der Waals surface area contributed by atoms with Crippen LogP contribution in [0.2, 0.25) is 5.02 Å². The summed E-state index contributed by atoms with van der Waals surface area (Å²) in [5.74, 6) is -1.49. The van der Waals surface area contributed by atoms with Gasteiger partial charge >= 0.3 is 0 Å². The van der Waals surface area contributed by atoms with Crippen LogP contribution in [0.5, 0.6) is 11.5 Å². The number of aromatic hydroxyl groups is 2. The molecule has 1 amide bonds. The van der Waals surface area contributed by atoms with Crippen molar-refractivity contribution in [3.8, 4) is 11.5 Å². The molecule has 0 aliphatic rings. The molecule has 0 saturated heterocycles. The Kier molecular flexibility index (Phi) is 7.72. The van der Waals surface area contributed by atoms with Crippen LogP contribution in [-0.2, 0) is 5.54 Å². The maximum Gasteiger partial charge on any atom is 0.256 e. The van der Waals surface area contributed by atoms with Gasteiger partial charge in [0, 0.05) is 24.3 Å². The molecule has 6 nitrogen and oxygen atoms in total. The number of phenols is 2. The molecule has 0 spiro atoms. The molecule has 150 valence electrons. The molecule has 0 aliphatic heterocycles. The van der Waals surface area contributed by atoms with Crippen molar-refractivity contribution in [1.82, 2.24) is 9.88 Å². The molecule has 2 rings (SSSR count). The molecule has 27 heavy (non-hydrogen) atoms. The van der Waals surface area contributed by atoms with E-state index in [1.807, 2.05) is 27.7 Å². The zero-order valence-electron chi connectivity index (χ0n) is 16.8. The molecule has 2 aromatic rings. The van der Waals surface area contributed by atoms with Crippen molar-refractivity contribution in [3.05, 3.63) is 33.1 Å². The Hall–Kier alpha value is -2.21. The van der Waals surface area contributed by atoms with Crippen molar-refractivity contribution in [2.75, 3.05) is 6.54 Å². The molecule has 3 N–H and O–H groups in total. The molecule has 0 saturated carbocycles. The highest BCUT2D eigenvalue weighted by atomic mass is 35.5. The van der Waals surface area contributed by atoms with E-state index in [4.69, 9.17) is 11.6 Å². The number of aromatic nitrogens is 1. The lowest BCUT2D eigenvalue weighted by atomic mass is 10.0. The monoisotopic (exact) mass is 396 g/mol. The van der Waals surface area contributed by atoms with E-state index in [9.17, 15) is 19.8 Å². The van der Waals surface area contributed by atoms with E-state index < -0.39 is 28.4 Å². The van der Waals surface area contributed by atoms with Crippen LogP contribution in [0.25, 0.3) is 10.9 Å². The summed E-state index contributed by atoms with van der Waals surface area (Å²) >= 11 is 6.08. The third kappa shape index (κ3) is 4.95. The molecule has 1 aromatic heterocycles. The normalized spacial score (nSPS) is 11.1. The number of pyridine rings is 1. The molecule has 0 radical (unpaired) electrons. The Morgan fingerprint density at radius 2 is 1.78 bits per heavy atom. The summed E-state index contributed by atoms with van der Waals surface area (Å²) < 4.78 is 1.69. The zero-order chi connectivity index (χ0) is 20.9. The van der Waals surface area contributed by atoms with E-state index in [-0.39, 0.29) is 16.0 Å². The standard InChI is InChI=1S/C17H21ClN2O4.C3H8/c1-5-6-19-16(24)9-8-20(17(2,3)4)10-7-11(21)15(23)13(18)12(10)14(9)22;1-3-2/h7-8,21,23H,5-6H2,1-4H3,(H,19,24);3H2,1-2H3. The number of benzene rings is 1. The van der Waals surface area contributed by atoms with Gasteiger partial charge < -0.3 is 20.1 Å². The highest BCUT2D eigenvalue weighted by Crippen LogP contribution is 2.39. The maximum atomic E-state index is 12.7. The zero-order valence-corrected chi connectivity index (χ0v) is 17.6. The fourth-order valence-corrected chi connectivity index (χ4v) is 2.74. The topological polar surface area (TPSA) is 91.6 Å². The van der Waals surface area contributed by atoms with Gasteiger partial charge in [-0.3, -0.25) is 9.59 Å². The number of halogens is 1. The maximum absolute atomic E-state index is 12.7. The van der Waals surface area contributed by atoms with Crippen molar-refractivity contribution in [2.45, 2.75) is 59.9 Å². The van der Waals surface area contributed by atoms with Crippen molar-refractivity contribution in [1.29, 1.82) is 0 Å². The smallest absolute Gasteiger partial charge is 0.256 e. The van der Waals surface area contributed by atoms with Gasteiger partial charge in [0.05, 0.1) is 15.9 Å². The molecule has 0 bridgehead atoms. The first-order valence-electron chi connectivity index (χ1n) is 9.09. The van der Waals surface area contributed by atoms with Gasteiger partial charge in [-0.2, -0.15) is 0 Å². The van der Waals surface area contributed by atoms with Crippen LogP contribution in [0.3, 0.4) is 0 Å². The summed E-state index contributed by atoms with van der Waals surface area (Å²) in [6.07, 6.45) is 3.45. The van der Waals surface area contributed by atoms with Gasteiger partial charge in [0.25, 0.3) is 5.91 Å². The molecule has 1 aromatic carbocycles. The van der Waals surface area contributed by atoms with Gasteiger partial charge in [-0.25, -0.2) is 0 Å². The Labute approximate surface area is 164 Å². The Bertz CT molecular complexity index is 882. The second-order valence-corrected chi connectivity index (χ2v) is 7.71. The largest absolute Gasteiger partial charge is 0.504 e. The third-order valence-electron chi connectivity index (χ3n) is 3.69. The number of fused-ring (bicyclic) bond motifs is 1. The first-order valence-corrected chi connectivity index (χ1v) is 9.47. The van der Waals surface area contributed by atoms with Crippen LogP contribution in [0.1, 0.15) is 64.7 Å². The molecular formula is C20H29ClN2O4. The van der Waals surface area contributed by atoms with Gasteiger partial charge in [0.15, 0.2) is 11.5 Å². The minimum absolute atomic E-state index is 0.00559. The molecule has 0 atom stereocenters. The van der Waals surface area contributed by atoms with Crippen LogP contribution in [-0.4, -0.2) is 27.2 Å². The predicted molar refractivity (Wildman–Crippen MR) is 110 cm³/mol. The van der Waals surface area contributed by atoms with Gasteiger partial charge in [0.1, 0.15) is 5.56 Å². The van der Waals surface area contributed by atoms with Gasteiger partial charge in [-0.05, 0) is 27.2 Å². The van der Waals surface area contributed by atoms with Gasteiger partial charge in [-0.15, -0.1) is 0 Å². The second-order valence-electron chi connectivity index (χ2n) is 7.33. The number of carbonyl (C=O) groups is 1. The number of carbonyl (C=O) groups excluding carboxylic acids is 1. The van der Waals surface area contributed by atoms with E-state index in [2.05, 4.69) is 19.2 Å².